The van der Waals surface area contributed by atoms with Gasteiger partial charge >= 0.3 is 0 Å². The van der Waals surface area contributed by atoms with Crippen molar-refractivity contribution in [2.75, 3.05) is 13.2 Å². The summed E-state index contributed by atoms with van der Waals surface area (Å²) < 4.78 is 5.60. The van der Waals surface area contributed by atoms with E-state index in [2.05, 4.69) is 23.9 Å². The van der Waals surface area contributed by atoms with Gasteiger partial charge < -0.3 is 4.74 Å². The van der Waals surface area contributed by atoms with E-state index < -0.39 is 0 Å². The van der Waals surface area contributed by atoms with Gasteiger partial charge in [0, 0.05) is 10.3 Å². The highest BCUT2D eigenvalue weighted by molar-refractivity contribution is 5.12. The summed E-state index contributed by atoms with van der Waals surface area (Å²) in [5, 5.41) is 3.55. The van der Waals surface area contributed by atoms with Gasteiger partial charge in [0.2, 0.25) is 0 Å². The summed E-state index contributed by atoms with van der Waals surface area (Å²) in [5.41, 5.74) is 9.03. The summed E-state index contributed by atoms with van der Waals surface area (Å²) in [5.74, 6) is 0. The SMILES string of the molecule is CC1(C)C[C@]12CO[C@H](CN=[N+]=[N-])C2. The van der Waals surface area contributed by atoms with Gasteiger partial charge in [-0.25, -0.2) is 0 Å². The van der Waals surface area contributed by atoms with Crippen molar-refractivity contribution in [2.45, 2.75) is 32.8 Å². The lowest BCUT2D eigenvalue weighted by Gasteiger charge is -2.09. The zero-order chi connectivity index (χ0) is 9.53. The van der Waals surface area contributed by atoms with Crippen molar-refractivity contribution < 1.29 is 4.74 Å². The second kappa shape index (κ2) is 2.63. The molecule has 4 nitrogen and oxygen atoms in total. The molecule has 0 aromatic carbocycles. The molecule has 1 heterocycles. The predicted octanol–water partition coefficient (Wildman–Crippen LogP) is 2.50. The van der Waals surface area contributed by atoms with Crippen molar-refractivity contribution in [3.05, 3.63) is 10.4 Å². The van der Waals surface area contributed by atoms with Crippen LogP contribution < -0.4 is 0 Å². The van der Waals surface area contributed by atoms with Gasteiger partial charge in [0.1, 0.15) is 0 Å². The van der Waals surface area contributed by atoms with Crippen molar-refractivity contribution in [2.24, 2.45) is 15.9 Å². The van der Waals surface area contributed by atoms with Crippen LogP contribution in [0.2, 0.25) is 0 Å². The van der Waals surface area contributed by atoms with Gasteiger partial charge in [-0.1, -0.05) is 19.0 Å². The minimum absolute atomic E-state index is 0.165. The number of azide groups is 1. The van der Waals surface area contributed by atoms with Gasteiger partial charge in [-0.2, -0.15) is 0 Å². The Kier molecular flexibility index (Phi) is 1.79. The molecule has 0 radical (unpaired) electrons. The summed E-state index contributed by atoms with van der Waals surface area (Å²) in [6, 6.07) is 0. The average molecular weight is 181 g/mol. The van der Waals surface area contributed by atoms with Crippen molar-refractivity contribution in [1.29, 1.82) is 0 Å². The molecule has 2 fully saturated rings. The third-order valence-corrected chi connectivity index (χ3v) is 3.65. The third kappa shape index (κ3) is 1.30. The Bertz CT molecular complexity index is 270. The zero-order valence-corrected chi connectivity index (χ0v) is 8.16. The molecule has 1 saturated heterocycles. The normalized spacial score (nSPS) is 40.3. The molecule has 4 heteroatoms. The topological polar surface area (TPSA) is 58.0 Å². The molecule has 0 aromatic rings. The molecule has 1 saturated carbocycles. The Morgan fingerprint density at radius 1 is 1.62 bits per heavy atom. The molecule has 0 bridgehead atoms. The molecule has 2 atom stereocenters. The van der Waals surface area contributed by atoms with Crippen LogP contribution in [-0.4, -0.2) is 19.3 Å². The molecule has 1 spiro atoms. The zero-order valence-electron chi connectivity index (χ0n) is 8.16. The monoisotopic (exact) mass is 181 g/mol. The molecule has 1 aliphatic heterocycles. The number of hydrogen-bond acceptors (Lipinski definition) is 2. The Labute approximate surface area is 77.9 Å². The first-order chi connectivity index (χ1) is 6.10. The maximum Gasteiger partial charge on any atom is 0.0638 e. The van der Waals surface area contributed by atoms with E-state index in [1.54, 1.807) is 0 Å². The minimum atomic E-state index is 0.165. The lowest BCUT2D eigenvalue weighted by atomic mass is 9.93. The largest absolute Gasteiger partial charge is 0.377 e. The molecule has 0 unspecified atom stereocenters. The molecular formula is C9H15N3O. The average Bonchev–Trinajstić information content (AvgIpc) is 2.46. The van der Waals surface area contributed by atoms with Crippen LogP contribution >= 0.6 is 0 Å². The molecule has 2 aliphatic rings. The smallest absolute Gasteiger partial charge is 0.0638 e. The first kappa shape index (κ1) is 8.85. The molecule has 0 aromatic heterocycles. The van der Waals surface area contributed by atoms with Crippen LogP contribution in [0, 0.1) is 10.8 Å². The number of nitrogens with zero attached hydrogens (tertiary/aromatic N) is 3. The molecule has 72 valence electrons. The molecule has 13 heavy (non-hydrogen) atoms. The van der Waals surface area contributed by atoms with Crippen LogP contribution in [0.1, 0.15) is 26.7 Å². The molecular weight excluding hydrogens is 166 g/mol. The van der Waals surface area contributed by atoms with Gasteiger partial charge in [-0.3, -0.25) is 0 Å². The summed E-state index contributed by atoms with van der Waals surface area (Å²) in [4.78, 5) is 2.75. The summed E-state index contributed by atoms with van der Waals surface area (Å²) in [6.45, 7) is 5.92. The van der Waals surface area contributed by atoms with Gasteiger partial charge in [0.05, 0.1) is 19.3 Å². The van der Waals surface area contributed by atoms with Gasteiger partial charge in [-0.05, 0) is 23.8 Å². The Hall–Kier alpha value is -0.730. The van der Waals surface area contributed by atoms with E-state index in [0.29, 0.717) is 17.4 Å². The first-order valence-electron chi connectivity index (χ1n) is 4.72. The van der Waals surface area contributed by atoms with E-state index in [0.717, 1.165) is 13.0 Å². The summed E-state index contributed by atoms with van der Waals surface area (Å²) >= 11 is 0. The highest BCUT2D eigenvalue weighted by atomic mass is 16.5. The van der Waals surface area contributed by atoms with E-state index in [4.69, 9.17) is 10.3 Å². The van der Waals surface area contributed by atoms with E-state index in [1.807, 2.05) is 0 Å². The Balaban J connectivity index is 1.92. The number of rotatable bonds is 2. The van der Waals surface area contributed by atoms with Crippen molar-refractivity contribution in [3.8, 4) is 0 Å². The van der Waals surface area contributed by atoms with Crippen molar-refractivity contribution in [3.63, 3.8) is 0 Å². The third-order valence-electron chi connectivity index (χ3n) is 3.65. The second-order valence-corrected chi connectivity index (χ2v) is 4.89. The number of hydrogen-bond donors (Lipinski definition) is 0. The van der Waals surface area contributed by atoms with Gasteiger partial charge in [0.25, 0.3) is 0 Å². The summed E-state index contributed by atoms with van der Waals surface area (Å²) in [6.07, 6.45) is 2.49. The van der Waals surface area contributed by atoms with Gasteiger partial charge in [-0.15, -0.1) is 0 Å². The first-order valence-corrected chi connectivity index (χ1v) is 4.72. The van der Waals surface area contributed by atoms with Crippen LogP contribution in [-0.2, 0) is 4.74 Å². The van der Waals surface area contributed by atoms with Crippen LogP contribution in [0.5, 0.6) is 0 Å². The molecule has 0 amide bonds. The van der Waals surface area contributed by atoms with E-state index >= 15 is 0 Å². The highest BCUT2D eigenvalue weighted by Crippen LogP contribution is 2.68. The maximum absolute atomic E-state index is 8.18. The van der Waals surface area contributed by atoms with Crippen LogP contribution in [0.25, 0.3) is 10.4 Å². The fourth-order valence-corrected chi connectivity index (χ4v) is 2.47. The molecule has 1 aliphatic carbocycles. The fraction of sp³-hybridized carbons (Fsp3) is 1.00. The molecule has 2 rings (SSSR count). The fourth-order valence-electron chi connectivity index (χ4n) is 2.47. The van der Waals surface area contributed by atoms with Crippen LogP contribution in [0.15, 0.2) is 5.11 Å². The summed E-state index contributed by atoms with van der Waals surface area (Å²) in [7, 11) is 0. The lowest BCUT2D eigenvalue weighted by Crippen LogP contribution is -2.10. The standard InChI is InChI=1S/C9H15N3O/c1-8(2)5-9(8)3-7(13-6-9)4-11-12-10/h7H,3-6H2,1-2H3/t7-,9+/m0/s1. The predicted molar refractivity (Wildman–Crippen MR) is 49.2 cm³/mol. The Morgan fingerprint density at radius 2 is 2.31 bits per heavy atom. The van der Waals surface area contributed by atoms with Gasteiger partial charge in [0.15, 0.2) is 0 Å². The van der Waals surface area contributed by atoms with E-state index in [1.165, 1.54) is 6.42 Å². The molecule has 0 N–H and O–H groups in total. The van der Waals surface area contributed by atoms with Crippen molar-refractivity contribution in [1.82, 2.24) is 0 Å². The lowest BCUT2D eigenvalue weighted by molar-refractivity contribution is 0.108. The minimum Gasteiger partial charge on any atom is -0.377 e. The number of ether oxygens (including phenoxy) is 1. The van der Waals surface area contributed by atoms with Crippen molar-refractivity contribution >= 4 is 0 Å². The maximum atomic E-state index is 8.18. The van der Waals surface area contributed by atoms with E-state index in [9.17, 15) is 0 Å². The quantitative estimate of drug-likeness (QED) is 0.367. The highest BCUT2D eigenvalue weighted by Gasteiger charge is 2.64. The Morgan fingerprint density at radius 3 is 2.77 bits per heavy atom. The second-order valence-electron chi connectivity index (χ2n) is 4.89. The van der Waals surface area contributed by atoms with Crippen LogP contribution in [0.3, 0.4) is 0 Å². The van der Waals surface area contributed by atoms with E-state index in [-0.39, 0.29) is 6.10 Å². The van der Waals surface area contributed by atoms with Crippen LogP contribution in [0.4, 0.5) is 0 Å².